The lowest BCUT2D eigenvalue weighted by Crippen LogP contribution is -2.09. The third-order valence-electron chi connectivity index (χ3n) is 3.85. The SMILES string of the molecule is N#CC(=C(O)COc1ccccc1)c1nnc2n1CCCCC2. The largest absolute Gasteiger partial charge is 0.507 e. The molecule has 6 heteroatoms. The van der Waals surface area contributed by atoms with Gasteiger partial charge in [0, 0.05) is 13.0 Å². The van der Waals surface area contributed by atoms with E-state index in [0.29, 0.717) is 11.6 Å². The van der Waals surface area contributed by atoms with E-state index in [-0.39, 0.29) is 17.9 Å². The van der Waals surface area contributed by atoms with Crippen molar-refractivity contribution in [3.8, 4) is 11.8 Å². The van der Waals surface area contributed by atoms with Crippen LogP contribution in [0.1, 0.15) is 30.9 Å². The molecule has 1 aliphatic heterocycles. The van der Waals surface area contributed by atoms with Crippen molar-refractivity contribution >= 4 is 5.57 Å². The molecule has 1 aromatic carbocycles. The normalized spacial score (nSPS) is 15.1. The second-order valence-electron chi connectivity index (χ2n) is 5.44. The highest BCUT2D eigenvalue weighted by Gasteiger charge is 2.20. The predicted octanol–water partition coefficient (Wildman–Crippen LogP) is 2.88. The second-order valence-corrected chi connectivity index (χ2v) is 5.44. The Morgan fingerprint density at radius 2 is 2.04 bits per heavy atom. The molecule has 6 nitrogen and oxygen atoms in total. The van der Waals surface area contributed by atoms with Crippen LogP contribution in [0.3, 0.4) is 0 Å². The maximum Gasteiger partial charge on any atom is 0.178 e. The number of aliphatic hydroxyl groups excluding tert-OH is 1. The molecule has 1 N–H and O–H groups in total. The van der Waals surface area contributed by atoms with Crippen LogP contribution in [0, 0.1) is 11.3 Å². The maximum absolute atomic E-state index is 10.3. The van der Waals surface area contributed by atoms with Gasteiger partial charge >= 0.3 is 0 Å². The van der Waals surface area contributed by atoms with Crippen molar-refractivity contribution < 1.29 is 9.84 Å². The van der Waals surface area contributed by atoms with Gasteiger partial charge in [-0.05, 0) is 25.0 Å². The van der Waals surface area contributed by atoms with E-state index in [0.717, 1.165) is 38.1 Å². The number of aromatic nitrogens is 3. The van der Waals surface area contributed by atoms with Crippen LogP contribution in [0.5, 0.6) is 5.75 Å². The fourth-order valence-electron chi connectivity index (χ4n) is 2.65. The Morgan fingerprint density at radius 1 is 1.22 bits per heavy atom. The third kappa shape index (κ3) is 3.34. The van der Waals surface area contributed by atoms with E-state index in [1.165, 1.54) is 0 Å². The molecule has 0 fully saturated rings. The molecule has 3 rings (SSSR count). The standard InChI is InChI=1S/C17H18N4O2/c18-11-14(15(22)12-23-13-7-3-1-4-8-13)17-20-19-16-9-5-2-6-10-21(16)17/h1,3-4,7-8,22H,2,5-6,9-10,12H2. The summed E-state index contributed by atoms with van der Waals surface area (Å²) in [6.07, 6.45) is 4.09. The summed E-state index contributed by atoms with van der Waals surface area (Å²) in [5, 5.41) is 28.0. The molecular weight excluding hydrogens is 292 g/mol. The quantitative estimate of drug-likeness (QED) is 0.693. The van der Waals surface area contributed by atoms with Crippen LogP contribution in [-0.4, -0.2) is 26.5 Å². The van der Waals surface area contributed by atoms with Crippen LogP contribution >= 0.6 is 0 Å². The molecule has 0 aliphatic carbocycles. The number of hydrogen-bond acceptors (Lipinski definition) is 5. The van der Waals surface area contributed by atoms with Gasteiger partial charge in [-0.15, -0.1) is 10.2 Å². The fourth-order valence-corrected chi connectivity index (χ4v) is 2.65. The van der Waals surface area contributed by atoms with E-state index < -0.39 is 0 Å². The van der Waals surface area contributed by atoms with Crippen molar-refractivity contribution in [1.29, 1.82) is 5.26 Å². The molecule has 2 aromatic rings. The molecule has 23 heavy (non-hydrogen) atoms. The Bertz CT molecular complexity index is 744. The number of nitriles is 1. The Morgan fingerprint density at radius 3 is 2.83 bits per heavy atom. The third-order valence-corrected chi connectivity index (χ3v) is 3.85. The van der Waals surface area contributed by atoms with Gasteiger partial charge in [-0.3, -0.25) is 0 Å². The highest BCUT2D eigenvalue weighted by atomic mass is 16.5. The van der Waals surface area contributed by atoms with Gasteiger partial charge in [-0.2, -0.15) is 5.26 Å². The zero-order valence-electron chi connectivity index (χ0n) is 12.8. The molecule has 0 atom stereocenters. The Balaban J connectivity index is 1.84. The molecule has 0 amide bonds. The van der Waals surface area contributed by atoms with Crippen LogP contribution in [0.4, 0.5) is 0 Å². The Kier molecular flexibility index (Phi) is 4.57. The average molecular weight is 310 g/mol. The van der Waals surface area contributed by atoms with Gasteiger partial charge in [-0.25, -0.2) is 0 Å². The summed E-state index contributed by atoms with van der Waals surface area (Å²) in [4.78, 5) is 0. The number of para-hydroxylation sites is 1. The number of ether oxygens (including phenoxy) is 1. The highest BCUT2D eigenvalue weighted by molar-refractivity contribution is 5.74. The Labute approximate surface area is 134 Å². The highest BCUT2D eigenvalue weighted by Crippen LogP contribution is 2.21. The first-order valence-corrected chi connectivity index (χ1v) is 7.72. The van der Waals surface area contributed by atoms with E-state index in [2.05, 4.69) is 10.2 Å². The van der Waals surface area contributed by atoms with E-state index in [4.69, 9.17) is 4.74 Å². The van der Waals surface area contributed by atoms with Crippen LogP contribution in [0.25, 0.3) is 5.57 Å². The van der Waals surface area contributed by atoms with Crippen molar-refractivity contribution in [2.45, 2.75) is 32.2 Å². The number of allylic oxidation sites excluding steroid dienone is 1. The number of nitrogens with zero attached hydrogens (tertiary/aromatic N) is 4. The van der Waals surface area contributed by atoms with Crippen LogP contribution in [0.15, 0.2) is 36.1 Å². The summed E-state index contributed by atoms with van der Waals surface area (Å²) in [5.41, 5.74) is 0.126. The molecule has 1 aliphatic rings. The minimum atomic E-state index is -0.129. The number of fused-ring (bicyclic) bond motifs is 1. The molecule has 0 spiro atoms. The van der Waals surface area contributed by atoms with Gasteiger partial charge in [0.05, 0.1) is 0 Å². The summed E-state index contributed by atoms with van der Waals surface area (Å²) in [6.45, 7) is 0.699. The van der Waals surface area contributed by atoms with Crippen molar-refractivity contribution in [1.82, 2.24) is 14.8 Å². The zero-order valence-corrected chi connectivity index (χ0v) is 12.8. The summed E-state index contributed by atoms with van der Waals surface area (Å²) < 4.78 is 7.44. The van der Waals surface area contributed by atoms with Gasteiger partial charge in [0.2, 0.25) is 0 Å². The molecule has 0 radical (unpaired) electrons. The predicted molar refractivity (Wildman–Crippen MR) is 84.7 cm³/mol. The first kappa shape index (κ1) is 15.1. The molecular formula is C17H18N4O2. The van der Waals surface area contributed by atoms with Gasteiger partial charge in [0.15, 0.2) is 11.6 Å². The van der Waals surface area contributed by atoms with E-state index in [1.54, 1.807) is 12.1 Å². The lowest BCUT2D eigenvalue weighted by atomic mass is 10.2. The molecule has 0 unspecified atom stereocenters. The van der Waals surface area contributed by atoms with Crippen LogP contribution < -0.4 is 4.74 Å². The average Bonchev–Trinajstić information content (AvgIpc) is 2.83. The summed E-state index contributed by atoms with van der Waals surface area (Å²) in [5.74, 6) is 1.81. The summed E-state index contributed by atoms with van der Waals surface area (Å²) in [6, 6.07) is 11.2. The lowest BCUT2D eigenvalue weighted by Gasteiger charge is -2.09. The molecule has 118 valence electrons. The van der Waals surface area contributed by atoms with E-state index >= 15 is 0 Å². The van der Waals surface area contributed by atoms with E-state index in [9.17, 15) is 10.4 Å². The minimum absolute atomic E-state index is 0.0743. The van der Waals surface area contributed by atoms with E-state index in [1.807, 2.05) is 28.8 Å². The van der Waals surface area contributed by atoms with Gasteiger partial charge in [0.25, 0.3) is 0 Å². The molecule has 1 aromatic heterocycles. The van der Waals surface area contributed by atoms with Crippen LogP contribution in [0.2, 0.25) is 0 Å². The summed E-state index contributed by atoms with van der Waals surface area (Å²) >= 11 is 0. The molecule has 0 saturated carbocycles. The van der Waals surface area contributed by atoms with Gasteiger partial charge in [0.1, 0.15) is 29.8 Å². The number of rotatable bonds is 4. The number of aliphatic hydroxyl groups is 1. The number of hydrogen-bond donors (Lipinski definition) is 1. The molecule has 0 bridgehead atoms. The van der Waals surface area contributed by atoms with Gasteiger partial charge < -0.3 is 14.4 Å². The molecule has 0 saturated heterocycles. The zero-order chi connectivity index (χ0) is 16.1. The van der Waals surface area contributed by atoms with Crippen molar-refractivity contribution in [3.05, 3.63) is 47.7 Å². The van der Waals surface area contributed by atoms with Gasteiger partial charge in [-0.1, -0.05) is 24.6 Å². The van der Waals surface area contributed by atoms with Crippen LogP contribution in [-0.2, 0) is 13.0 Å². The van der Waals surface area contributed by atoms with Crippen molar-refractivity contribution in [3.63, 3.8) is 0 Å². The monoisotopic (exact) mass is 310 g/mol. The minimum Gasteiger partial charge on any atom is -0.507 e. The van der Waals surface area contributed by atoms with Crippen molar-refractivity contribution in [2.24, 2.45) is 0 Å². The maximum atomic E-state index is 10.3. The summed E-state index contributed by atoms with van der Waals surface area (Å²) in [7, 11) is 0. The molecule has 2 heterocycles. The number of aryl methyl sites for hydroxylation is 1. The topological polar surface area (TPSA) is 84.0 Å². The second kappa shape index (κ2) is 6.97. The fraction of sp³-hybridized carbons (Fsp3) is 0.353. The lowest BCUT2D eigenvalue weighted by molar-refractivity contribution is 0.272. The Hall–Kier alpha value is -2.81. The number of benzene rings is 1. The first-order valence-electron chi connectivity index (χ1n) is 7.72. The van der Waals surface area contributed by atoms with Crippen molar-refractivity contribution in [2.75, 3.05) is 6.61 Å². The smallest absolute Gasteiger partial charge is 0.178 e. The first-order chi connectivity index (χ1) is 11.3.